The van der Waals surface area contributed by atoms with E-state index in [9.17, 15) is 4.79 Å². The summed E-state index contributed by atoms with van der Waals surface area (Å²) in [4.78, 5) is 16.5. The summed E-state index contributed by atoms with van der Waals surface area (Å²) in [6, 6.07) is 4.05. The largest absolute Gasteiger partial charge is 0.368 e. The Morgan fingerprint density at radius 1 is 1.53 bits per heavy atom. The smallest absolute Gasteiger partial charge is 0.238 e. The number of nitrogens with two attached hydrogens (primary N) is 1. The van der Waals surface area contributed by atoms with Gasteiger partial charge in [-0.15, -0.1) is 11.8 Å². The lowest BCUT2D eigenvalue weighted by molar-refractivity contribution is -0.123. The molecule has 1 amide bonds. The van der Waals surface area contributed by atoms with E-state index in [1.54, 1.807) is 24.2 Å². The Morgan fingerprint density at radius 3 is 2.59 bits per heavy atom. The highest BCUT2D eigenvalue weighted by molar-refractivity contribution is 7.99. The zero-order valence-electron chi connectivity index (χ0n) is 10.4. The van der Waals surface area contributed by atoms with Gasteiger partial charge in [0.25, 0.3) is 0 Å². The molecule has 4 nitrogen and oxygen atoms in total. The van der Waals surface area contributed by atoms with Crippen LogP contribution in [0.3, 0.4) is 0 Å². The third kappa shape index (κ3) is 4.36. The van der Waals surface area contributed by atoms with Gasteiger partial charge < -0.3 is 11.1 Å². The predicted molar refractivity (Wildman–Crippen MR) is 70.8 cm³/mol. The van der Waals surface area contributed by atoms with Crippen LogP contribution in [0.25, 0.3) is 0 Å². The average molecular weight is 253 g/mol. The summed E-state index contributed by atoms with van der Waals surface area (Å²) in [5, 5.41) is 3.21. The van der Waals surface area contributed by atoms with E-state index in [0.29, 0.717) is 5.75 Å². The van der Waals surface area contributed by atoms with Gasteiger partial charge in [0.15, 0.2) is 0 Å². The molecule has 0 saturated heterocycles. The summed E-state index contributed by atoms with van der Waals surface area (Å²) < 4.78 is 0. The molecule has 94 valence electrons. The van der Waals surface area contributed by atoms with E-state index in [0.717, 1.165) is 4.90 Å². The number of hydrogen-bond donors (Lipinski definition) is 2. The Labute approximate surface area is 106 Å². The Bertz CT molecular complexity index is 369. The molecule has 0 bridgehead atoms. The quantitative estimate of drug-likeness (QED) is 0.752. The molecule has 0 radical (unpaired) electrons. The molecule has 1 aromatic rings. The second-order valence-corrected chi connectivity index (χ2v) is 5.52. The van der Waals surface area contributed by atoms with Gasteiger partial charge in [-0.05, 0) is 32.9 Å². The molecule has 0 saturated carbocycles. The monoisotopic (exact) mass is 253 g/mol. The van der Waals surface area contributed by atoms with Gasteiger partial charge in [-0.25, -0.2) is 0 Å². The van der Waals surface area contributed by atoms with Crippen LogP contribution in [-0.4, -0.2) is 28.2 Å². The SMILES string of the molecule is CC(C)NC(C)(CSc1ccncc1)C(N)=O. The number of pyridine rings is 1. The van der Waals surface area contributed by atoms with Crippen molar-refractivity contribution >= 4 is 17.7 Å². The molecule has 1 aromatic heterocycles. The predicted octanol–water partition coefficient (Wildman–Crippen LogP) is 1.42. The molecule has 1 atom stereocenters. The number of carbonyl (C=O) groups excluding carboxylic acids is 1. The lowest BCUT2D eigenvalue weighted by Gasteiger charge is -2.29. The van der Waals surface area contributed by atoms with Crippen molar-refractivity contribution in [1.29, 1.82) is 0 Å². The molecule has 0 aliphatic carbocycles. The molecule has 0 spiro atoms. The summed E-state index contributed by atoms with van der Waals surface area (Å²) in [7, 11) is 0. The summed E-state index contributed by atoms with van der Waals surface area (Å²) in [5.74, 6) is 0.276. The maximum atomic E-state index is 11.5. The molecule has 3 N–H and O–H groups in total. The van der Waals surface area contributed by atoms with Crippen LogP contribution >= 0.6 is 11.8 Å². The molecule has 0 aromatic carbocycles. The Kier molecular flexibility index (Phi) is 4.96. The first kappa shape index (κ1) is 14.0. The van der Waals surface area contributed by atoms with Crippen LogP contribution in [-0.2, 0) is 4.79 Å². The standard InChI is InChI=1S/C12H19N3OS/c1-9(2)15-12(3,11(13)16)8-17-10-4-6-14-7-5-10/h4-7,9,15H,8H2,1-3H3,(H2,13,16). The molecular formula is C12H19N3OS. The molecule has 5 heteroatoms. The zero-order chi connectivity index (χ0) is 12.9. The minimum atomic E-state index is -0.692. The number of rotatable bonds is 6. The van der Waals surface area contributed by atoms with Gasteiger partial charge in [0.2, 0.25) is 5.91 Å². The van der Waals surface area contributed by atoms with Crippen LogP contribution in [0.5, 0.6) is 0 Å². The number of amides is 1. The lowest BCUT2D eigenvalue weighted by atomic mass is 10.0. The number of nitrogens with zero attached hydrogens (tertiary/aromatic N) is 1. The second-order valence-electron chi connectivity index (χ2n) is 4.47. The van der Waals surface area contributed by atoms with Crippen molar-refractivity contribution in [3.63, 3.8) is 0 Å². The van der Waals surface area contributed by atoms with Gasteiger partial charge in [-0.1, -0.05) is 0 Å². The van der Waals surface area contributed by atoms with E-state index < -0.39 is 5.54 Å². The molecule has 0 aliphatic heterocycles. The van der Waals surface area contributed by atoms with E-state index in [2.05, 4.69) is 10.3 Å². The maximum absolute atomic E-state index is 11.5. The number of hydrogen-bond acceptors (Lipinski definition) is 4. The van der Waals surface area contributed by atoms with Crippen LogP contribution in [0.15, 0.2) is 29.4 Å². The van der Waals surface area contributed by atoms with E-state index in [-0.39, 0.29) is 11.9 Å². The van der Waals surface area contributed by atoms with Gasteiger partial charge in [0, 0.05) is 29.1 Å². The fourth-order valence-corrected chi connectivity index (χ4v) is 2.48. The van der Waals surface area contributed by atoms with Crippen molar-refractivity contribution < 1.29 is 4.79 Å². The topological polar surface area (TPSA) is 68.0 Å². The Balaban J connectivity index is 2.65. The maximum Gasteiger partial charge on any atom is 0.238 e. The summed E-state index contributed by atoms with van der Waals surface area (Å²) in [6.45, 7) is 5.83. The average Bonchev–Trinajstić information content (AvgIpc) is 2.27. The van der Waals surface area contributed by atoms with Crippen LogP contribution in [0.1, 0.15) is 20.8 Å². The van der Waals surface area contributed by atoms with Gasteiger partial charge in [0.05, 0.1) is 0 Å². The highest BCUT2D eigenvalue weighted by Gasteiger charge is 2.31. The van der Waals surface area contributed by atoms with Crippen molar-refractivity contribution in [3.05, 3.63) is 24.5 Å². The number of carbonyl (C=O) groups is 1. The fraction of sp³-hybridized carbons (Fsp3) is 0.500. The van der Waals surface area contributed by atoms with Crippen LogP contribution in [0.4, 0.5) is 0 Å². The first-order valence-electron chi connectivity index (χ1n) is 5.54. The third-order valence-electron chi connectivity index (χ3n) is 2.33. The first-order valence-corrected chi connectivity index (χ1v) is 6.53. The van der Waals surface area contributed by atoms with Crippen molar-refractivity contribution in [2.75, 3.05) is 5.75 Å². The highest BCUT2D eigenvalue weighted by Crippen LogP contribution is 2.22. The Morgan fingerprint density at radius 2 is 2.12 bits per heavy atom. The fourth-order valence-electron chi connectivity index (χ4n) is 1.48. The Hall–Kier alpha value is -1.07. The molecule has 0 fully saturated rings. The van der Waals surface area contributed by atoms with Gasteiger partial charge in [0.1, 0.15) is 5.54 Å². The van der Waals surface area contributed by atoms with Crippen molar-refractivity contribution in [2.24, 2.45) is 5.73 Å². The third-order valence-corrected chi connectivity index (χ3v) is 3.66. The minimum Gasteiger partial charge on any atom is -0.368 e. The van der Waals surface area contributed by atoms with E-state index in [4.69, 9.17) is 5.73 Å². The summed E-state index contributed by atoms with van der Waals surface area (Å²) in [5.41, 5.74) is 4.76. The zero-order valence-corrected chi connectivity index (χ0v) is 11.3. The number of aromatic nitrogens is 1. The van der Waals surface area contributed by atoms with Crippen LogP contribution < -0.4 is 11.1 Å². The highest BCUT2D eigenvalue weighted by atomic mass is 32.2. The minimum absolute atomic E-state index is 0.213. The van der Waals surface area contributed by atoms with Gasteiger partial charge in [-0.3, -0.25) is 9.78 Å². The van der Waals surface area contributed by atoms with Crippen LogP contribution in [0, 0.1) is 0 Å². The van der Waals surface area contributed by atoms with Gasteiger partial charge in [-0.2, -0.15) is 0 Å². The van der Waals surface area contributed by atoms with E-state index in [1.807, 2.05) is 32.9 Å². The molecular weight excluding hydrogens is 234 g/mol. The van der Waals surface area contributed by atoms with E-state index >= 15 is 0 Å². The normalized spacial score (nSPS) is 14.6. The lowest BCUT2D eigenvalue weighted by Crippen LogP contribution is -2.57. The molecule has 17 heavy (non-hydrogen) atoms. The second kappa shape index (κ2) is 6.02. The van der Waals surface area contributed by atoms with Crippen molar-refractivity contribution in [3.8, 4) is 0 Å². The molecule has 1 heterocycles. The molecule has 1 rings (SSSR count). The molecule has 1 unspecified atom stereocenters. The van der Waals surface area contributed by atoms with Crippen molar-refractivity contribution in [1.82, 2.24) is 10.3 Å². The number of nitrogens with one attached hydrogen (secondary N) is 1. The van der Waals surface area contributed by atoms with Gasteiger partial charge >= 0.3 is 0 Å². The molecule has 0 aliphatic rings. The number of thioether (sulfide) groups is 1. The number of primary amides is 1. The summed E-state index contributed by atoms with van der Waals surface area (Å²) in [6.07, 6.45) is 3.47. The first-order chi connectivity index (χ1) is 7.94. The summed E-state index contributed by atoms with van der Waals surface area (Å²) >= 11 is 1.59. The van der Waals surface area contributed by atoms with Crippen LogP contribution in [0.2, 0.25) is 0 Å². The van der Waals surface area contributed by atoms with E-state index in [1.165, 1.54) is 0 Å². The van der Waals surface area contributed by atoms with Crippen molar-refractivity contribution in [2.45, 2.75) is 37.2 Å².